The summed E-state index contributed by atoms with van der Waals surface area (Å²) in [6.45, 7) is 14.3. The Labute approximate surface area is 263 Å². The van der Waals surface area contributed by atoms with Crippen molar-refractivity contribution in [2.24, 2.45) is 11.3 Å². The number of hydrogen-bond donors (Lipinski definition) is 3. The number of rotatable bonds is 13. The smallest absolute Gasteiger partial charge is 0.328 e. The van der Waals surface area contributed by atoms with Crippen molar-refractivity contribution in [2.45, 2.75) is 90.6 Å². The summed E-state index contributed by atoms with van der Waals surface area (Å²) < 4.78 is 4.83. The van der Waals surface area contributed by atoms with Crippen LogP contribution in [0.2, 0.25) is 0 Å². The zero-order chi connectivity index (χ0) is 33.6. The van der Waals surface area contributed by atoms with Crippen LogP contribution in [0.5, 0.6) is 0 Å². The topological polar surface area (TPSA) is 132 Å². The Hall–Kier alpha value is -3.02. The van der Waals surface area contributed by atoms with Gasteiger partial charge in [0.25, 0.3) is 0 Å². The fraction of sp³-hybridized carbons (Fsp3) is 0.697. The van der Waals surface area contributed by atoms with Gasteiger partial charge in [0.2, 0.25) is 17.7 Å². The van der Waals surface area contributed by atoms with Gasteiger partial charge in [-0.15, -0.1) is 0 Å². The number of aliphatic hydroxyl groups is 1. The number of carbonyl (C=O) groups is 4. The molecule has 3 N–H and O–H groups in total. The summed E-state index contributed by atoms with van der Waals surface area (Å²) in [6.07, 6.45) is -0.643. The van der Waals surface area contributed by atoms with Crippen LogP contribution in [-0.2, 0) is 29.3 Å². The molecule has 44 heavy (non-hydrogen) atoms. The van der Waals surface area contributed by atoms with E-state index < -0.39 is 41.0 Å². The molecule has 1 fully saturated rings. The van der Waals surface area contributed by atoms with Crippen molar-refractivity contribution in [2.75, 3.05) is 47.9 Å². The van der Waals surface area contributed by atoms with Gasteiger partial charge in [-0.05, 0) is 31.0 Å². The highest BCUT2D eigenvalue weighted by Crippen LogP contribution is 2.29. The number of β-amino-alcohol motifs (C(OH)–C–C–N with tert-alkyl or cyclic N) is 1. The Morgan fingerprint density at radius 3 is 2.14 bits per heavy atom. The van der Waals surface area contributed by atoms with Gasteiger partial charge < -0.3 is 30.3 Å². The third-order valence-electron chi connectivity index (χ3n) is 8.78. The molecule has 1 aliphatic rings. The van der Waals surface area contributed by atoms with Crippen LogP contribution >= 0.6 is 0 Å². The predicted octanol–water partition coefficient (Wildman–Crippen LogP) is 1.63. The van der Waals surface area contributed by atoms with Crippen LogP contribution in [0.1, 0.15) is 60.5 Å². The van der Waals surface area contributed by atoms with E-state index in [1.54, 1.807) is 26.0 Å². The van der Waals surface area contributed by atoms with Crippen LogP contribution in [0.3, 0.4) is 0 Å². The van der Waals surface area contributed by atoms with Gasteiger partial charge in [0.05, 0.1) is 25.8 Å². The number of hydrogen-bond acceptors (Lipinski definition) is 8. The third-order valence-corrected chi connectivity index (χ3v) is 8.78. The van der Waals surface area contributed by atoms with Crippen LogP contribution in [0, 0.1) is 11.3 Å². The SMILES string of the molecule is CN[C@H](C(=O)N[C@H](C(=O)N(C)[C@H](CN(C)CC(=O)N1C[C@H](O)CC1C(=O)OC)C(C)C)C(C)(C)C)C(C)(C)c1ccccc1. The van der Waals surface area contributed by atoms with E-state index >= 15 is 0 Å². The second kappa shape index (κ2) is 15.3. The lowest BCUT2D eigenvalue weighted by Crippen LogP contribution is -2.62. The van der Waals surface area contributed by atoms with E-state index in [0.717, 1.165) is 5.56 Å². The monoisotopic (exact) mass is 617 g/mol. The van der Waals surface area contributed by atoms with Gasteiger partial charge in [0.1, 0.15) is 12.1 Å². The summed E-state index contributed by atoms with van der Waals surface area (Å²) in [4.78, 5) is 58.1. The molecule has 0 aliphatic carbocycles. The van der Waals surface area contributed by atoms with Gasteiger partial charge in [-0.1, -0.05) is 78.8 Å². The average Bonchev–Trinajstić information content (AvgIpc) is 3.35. The van der Waals surface area contributed by atoms with Crippen LogP contribution < -0.4 is 10.6 Å². The Kier molecular flexibility index (Phi) is 12.9. The van der Waals surface area contributed by atoms with Crippen molar-refractivity contribution in [1.29, 1.82) is 0 Å². The highest BCUT2D eigenvalue weighted by molar-refractivity contribution is 5.91. The molecule has 0 saturated carbocycles. The number of ether oxygens (including phenoxy) is 1. The summed E-state index contributed by atoms with van der Waals surface area (Å²) in [5.74, 6) is -1.29. The minimum absolute atomic E-state index is 0.00329. The Morgan fingerprint density at radius 1 is 1.05 bits per heavy atom. The minimum Gasteiger partial charge on any atom is -0.467 e. The molecule has 0 spiro atoms. The second-order valence-corrected chi connectivity index (χ2v) is 14.0. The van der Waals surface area contributed by atoms with Gasteiger partial charge in [0, 0.05) is 38.0 Å². The molecule has 248 valence electrons. The van der Waals surface area contributed by atoms with Crippen molar-refractivity contribution in [3.05, 3.63) is 35.9 Å². The molecule has 1 aliphatic heterocycles. The van der Waals surface area contributed by atoms with Gasteiger partial charge in [0.15, 0.2) is 0 Å². The maximum atomic E-state index is 14.1. The summed E-state index contributed by atoms with van der Waals surface area (Å²) in [6, 6.07) is 7.33. The van der Waals surface area contributed by atoms with E-state index in [1.807, 2.05) is 83.7 Å². The molecule has 1 aromatic carbocycles. The number of methoxy groups -OCH3 is 1. The molecule has 1 unspecified atom stereocenters. The number of nitrogens with zero attached hydrogens (tertiary/aromatic N) is 3. The zero-order valence-corrected chi connectivity index (χ0v) is 28.5. The molecule has 0 bridgehead atoms. The number of likely N-dealkylation sites (tertiary alicyclic amines) is 1. The second-order valence-electron chi connectivity index (χ2n) is 14.0. The fourth-order valence-electron chi connectivity index (χ4n) is 6.03. The van der Waals surface area contributed by atoms with Crippen molar-refractivity contribution in [3.63, 3.8) is 0 Å². The lowest BCUT2D eigenvalue weighted by molar-refractivity contribution is -0.151. The summed E-state index contributed by atoms with van der Waals surface area (Å²) in [5.41, 5.74) is -0.131. The van der Waals surface area contributed by atoms with E-state index in [-0.39, 0.29) is 49.2 Å². The Bertz CT molecular complexity index is 1140. The van der Waals surface area contributed by atoms with E-state index in [0.29, 0.717) is 6.54 Å². The molecule has 5 atom stereocenters. The lowest BCUT2D eigenvalue weighted by Gasteiger charge is -2.41. The van der Waals surface area contributed by atoms with Crippen molar-refractivity contribution < 1.29 is 29.0 Å². The number of likely N-dealkylation sites (N-methyl/N-ethyl adjacent to an activating group) is 3. The van der Waals surface area contributed by atoms with Crippen molar-refractivity contribution in [1.82, 2.24) is 25.3 Å². The molecular formula is C33H55N5O6. The quantitative estimate of drug-likeness (QED) is 0.285. The van der Waals surface area contributed by atoms with Gasteiger partial charge >= 0.3 is 5.97 Å². The zero-order valence-electron chi connectivity index (χ0n) is 28.5. The van der Waals surface area contributed by atoms with Crippen LogP contribution in [0.15, 0.2) is 30.3 Å². The highest BCUT2D eigenvalue weighted by Gasteiger charge is 2.43. The minimum atomic E-state index is -0.814. The van der Waals surface area contributed by atoms with E-state index in [9.17, 15) is 24.3 Å². The molecule has 1 heterocycles. The van der Waals surface area contributed by atoms with Crippen LogP contribution in [-0.4, -0.2) is 122 Å². The molecular weight excluding hydrogens is 562 g/mol. The maximum Gasteiger partial charge on any atom is 0.328 e. The third kappa shape index (κ3) is 9.01. The van der Waals surface area contributed by atoms with Gasteiger partial charge in [-0.2, -0.15) is 0 Å². The molecule has 0 radical (unpaired) electrons. The summed E-state index contributed by atoms with van der Waals surface area (Å²) in [5, 5.41) is 16.3. The maximum absolute atomic E-state index is 14.1. The lowest BCUT2D eigenvalue weighted by atomic mass is 9.76. The first-order valence-corrected chi connectivity index (χ1v) is 15.4. The molecule has 11 nitrogen and oxygen atoms in total. The predicted molar refractivity (Wildman–Crippen MR) is 171 cm³/mol. The number of nitrogens with one attached hydrogen (secondary N) is 2. The average molecular weight is 618 g/mol. The number of benzene rings is 1. The molecule has 2 rings (SSSR count). The molecule has 1 aromatic rings. The van der Waals surface area contributed by atoms with E-state index in [1.165, 1.54) is 12.0 Å². The van der Waals surface area contributed by atoms with Crippen molar-refractivity contribution in [3.8, 4) is 0 Å². The van der Waals surface area contributed by atoms with E-state index in [4.69, 9.17) is 4.74 Å². The van der Waals surface area contributed by atoms with Gasteiger partial charge in [-0.3, -0.25) is 19.3 Å². The van der Waals surface area contributed by atoms with Gasteiger partial charge in [-0.25, -0.2) is 4.79 Å². The number of amides is 3. The fourth-order valence-corrected chi connectivity index (χ4v) is 6.03. The number of carbonyl (C=O) groups excluding carboxylic acids is 4. The molecule has 1 saturated heterocycles. The van der Waals surface area contributed by atoms with Crippen LogP contribution in [0.25, 0.3) is 0 Å². The standard InChI is InChI=1S/C33H55N5O6/c1-21(2)25(19-36(9)20-26(40)38-18-23(39)17-24(38)31(43)44-11)37(10)30(42)28(32(3,4)5)35-29(41)27(34-8)33(6,7)22-15-13-12-14-16-22/h12-16,21,23-25,27-28,34,39H,17-20H2,1-11H3,(H,35,41)/t23-,24?,25-,27-,28-/m1/s1. The van der Waals surface area contributed by atoms with Crippen molar-refractivity contribution >= 4 is 23.7 Å². The van der Waals surface area contributed by atoms with Crippen LogP contribution in [0.4, 0.5) is 0 Å². The number of aliphatic hydroxyl groups excluding tert-OH is 1. The molecule has 0 aromatic heterocycles. The first kappa shape index (κ1) is 37.2. The first-order valence-electron chi connectivity index (χ1n) is 15.4. The Morgan fingerprint density at radius 2 is 1.64 bits per heavy atom. The summed E-state index contributed by atoms with van der Waals surface area (Å²) >= 11 is 0. The Balaban J connectivity index is 2.21. The van der Waals surface area contributed by atoms with E-state index in [2.05, 4.69) is 10.6 Å². The number of esters is 1. The normalized spacial score (nSPS) is 19.5. The molecule has 3 amide bonds. The highest BCUT2D eigenvalue weighted by atomic mass is 16.5. The largest absolute Gasteiger partial charge is 0.467 e. The molecule has 11 heteroatoms. The first-order chi connectivity index (χ1) is 20.4. The summed E-state index contributed by atoms with van der Waals surface area (Å²) in [7, 11) is 6.54.